The van der Waals surface area contributed by atoms with E-state index in [1.165, 1.54) is 12.1 Å². The van der Waals surface area contributed by atoms with Crippen LogP contribution in [-0.2, 0) is 44.1 Å². The summed E-state index contributed by atoms with van der Waals surface area (Å²) in [4.78, 5) is 37.1. The van der Waals surface area contributed by atoms with Gasteiger partial charge in [0.05, 0.1) is 7.11 Å². The van der Waals surface area contributed by atoms with Crippen LogP contribution in [0.15, 0.2) is 49.1 Å². The zero-order valence-corrected chi connectivity index (χ0v) is 22.1. The largest absolute Gasteiger partial charge is 0.487 e. The Hall–Kier alpha value is -4.33. The van der Waals surface area contributed by atoms with Crippen molar-refractivity contribution in [2.75, 3.05) is 24.6 Å². The third-order valence-electron chi connectivity index (χ3n) is 5.84. The summed E-state index contributed by atoms with van der Waals surface area (Å²) < 4.78 is 59.9. The Kier molecular flexibility index (Phi) is 9.35. The van der Waals surface area contributed by atoms with Crippen molar-refractivity contribution in [2.24, 2.45) is 0 Å². The van der Waals surface area contributed by atoms with Crippen LogP contribution < -0.4 is 13.8 Å². The molecule has 2 N–H and O–H groups in total. The molecular weight excluding hydrogens is 537 g/mol. The van der Waals surface area contributed by atoms with Crippen molar-refractivity contribution in [1.82, 2.24) is 9.62 Å². The summed E-state index contributed by atoms with van der Waals surface area (Å²) in [5.74, 6) is -2.42. The van der Waals surface area contributed by atoms with E-state index in [1.54, 1.807) is 42.0 Å². The van der Waals surface area contributed by atoms with Crippen LogP contribution in [0.1, 0.15) is 23.6 Å². The summed E-state index contributed by atoms with van der Waals surface area (Å²) in [6.45, 7) is 3.31. The monoisotopic (exact) mass is 565 g/mol. The maximum atomic E-state index is 16.3. The van der Waals surface area contributed by atoms with Crippen molar-refractivity contribution in [3.05, 3.63) is 71.6 Å². The molecule has 0 fully saturated rings. The van der Waals surface area contributed by atoms with Crippen LogP contribution in [0.3, 0.4) is 0 Å². The van der Waals surface area contributed by atoms with E-state index in [9.17, 15) is 27.9 Å². The SMILES string of the molecule is C=CCOC(=O)NS(=O)(=O)N(CC(=O)OC)c1c(OCc2ccccc2)cc2c(c1F)C[C@H](C)N(C(=O)O)C2. The van der Waals surface area contributed by atoms with Gasteiger partial charge in [0.1, 0.15) is 31.2 Å². The number of benzene rings is 2. The van der Waals surface area contributed by atoms with Gasteiger partial charge in [-0.3, -0.25) is 4.79 Å². The van der Waals surface area contributed by atoms with Gasteiger partial charge in [0.2, 0.25) is 0 Å². The van der Waals surface area contributed by atoms with Gasteiger partial charge >= 0.3 is 28.4 Å². The zero-order valence-electron chi connectivity index (χ0n) is 21.3. The van der Waals surface area contributed by atoms with E-state index in [4.69, 9.17) is 4.74 Å². The number of rotatable bonds is 10. The van der Waals surface area contributed by atoms with Gasteiger partial charge in [-0.25, -0.2) is 23.0 Å². The second-order valence-corrected chi connectivity index (χ2v) is 10.1. The first kappa shape index (κ1) is 29.2. The summed E-state index contributed by atoms with van der Waals surface area (Å²) >= 11 is 0. The molecule has 0 spiro atoms. The lowest BCUT2D eigenvalue weighted by Crippen LogP contribution is -2.47. The van der Waals surface area contributed by atoms with Crippen LogP contribution in [0.25, 0.3) is 0 Å². The molecule has 2 aromatic rings. The van der Waals surface area contributed by atoms with Gasteiger partial charge in [-0.1, -0.05) is 43.0 Å². The fourth-order valence-corrected chi connectivity index (χ4v) is 5.00. The average molecular weight is 566 g/mol. The highest BCUT2D eigenvalue weighted by Gasteiger charge is 2.37. The van der Waals surface area contributed by atoms with Gasteiger partial charge in [-0.05, 0) is 36.1 Å². The molecule has 0 radical (unpaired) electrons. The van der Waals surface area contributed by atoms with Crippen molar-refractivity contribution in [2.45, 2.75) is 32.5 Å². The number of hydrogen-bond donors (Lipinski definition) is 2. The molecule has 0 aliphatic carbocycles. The topological polar surface area (TPSA) is 152 Å². The van der Waals surface area contributed by atoms with Gasteiger partial charge in [0, 0.05) is 12.6 Å². The van der Waals surface area contributed by atoms with Crippen molar-refractivity contribution in [1.29, 1.82) is 0 Å². The van der Waals surface area contributed by atoms with E-state index in [1.807, 2.05) is 0 Å². The molecule has 210 valence electrons. The number of carbonyl (C=O) groups is 3. The normalized spacial score (nSPS) is 14.5. The third-order valence-corrected chi connectivity index (χ3v) is 7.16. The number of hydrogen-bond acceptors (Lipinski definition) is 8. The van der Waals surface area contributed by atoms with E-state index >= 15 is 4.39 Å². The zero-order chi connectivity index (χ0) is 28.7. The minimum absolute atomic E-state index is 0.0429. The first-order valence-corrected chi connectivity index (χ1v) is 13.1. The molecule has 0 unspecified atom stereocenters. The molecule has 12 nitrogen and oxygen atoms in total. The summed E-state index contributed by atoms with van der Waals surface area (Å²) in [5.41, 5.74) is 0.306. The maximum absolute atomic E-state index is 16.3. The summed E-state index contributed by atoms with van der Waals surface area (Å²) in [6.07, 6.45) is -1.47. The van der Waals surface area contributed by atoms with Gasteiger partial charge < -0.3 is 24.2 Å². The predicted molar refractivity (Wildman–Crippen MR) is 137 cm³/mol. The highest BCUT2D eigenvalue weighted by atomic mass is 32.2. The van der Waals surface area contributed by atoms with Crippen LogP contribution in [0.2, 0.25) is 0 Å². The number of carbonyl (C=O) groups excluding carboxylic acids is 2. The number of nitrogens with zero attached hydrogens (tertiary/aromatic N) is 2. The molecule has 0 saturated carbocycles. The van der Waals surface area contributed by atoms with Crippen LogP contribution in [-0.4, -0.2) is 62.9 Å². The Bertz CT molecular complexity index is 1350. The molecule has 14 heteroatoms. The number of ether oxygens (including phenoxy) is 3. The molecule has 1 aliphatic rings. The number of nitrogens with one attached hydrogen (secondary N) is 1. The Morgan fingerprint density at radius 2 is 1.97 bits per heavy atom. The van der Waals surface area contributed by atoms with Gasteiger partial charge in [-0.2, -0.15) is 8.42 Å². The molecule has 3 rings (SSSR count). The first-order chi connectivity index (χ1) is 18.5. The summed E-state index contributed by atoms with van der Waals surface area (Å²) in [6, 6.07) is 9.40. The van der Waals surface area contributed by atoms with E-state index < -0.39 is 52.5 Å². The summed E-state index contributed by atoms with van der Waals surface area (Å²) in [5, 5.41) is 9.55. The fourth-order valence-electron chi connectivity index (χ4n) is 3.94. The number of anilines is 1. The molecule has 0 saturated heterocycles. The van der Waals surface area contributed by atoms with Crippen LogP contribution in [0.5, 0.6) is 5.75 Å². The van der Waals surface area contributed by atoms with Crippen molar-refractivity contribution in [3.8, 4) is 5.75 Å². The quantitative estimate of drug-likeness (QED) is 0.327. The smallest absolute Gasteiger partial charge is 0.422 e. The Labute approximate surface area is 224 Å². The Morgan fingerprint density at radius 1 is 1.28 bits per heavy atom. The molecule has 1 heterocycles. The molecule has 0 bridgehead atoms. The molecule has 0 aromatic heterocycles. The van der Waals surface area contributed by atoms with Gasteiger partial charge in [-0.15, -0.1) is 0 Å². The van der Waals surface area contributed by atoms with Gasteiger partial charge in [0.15, 0.2) is 5.82 Å². The second kappa shape index (κ2) is 12.5. The van der Waals surface area contributed by atoms with Crippen molar-refractivity contribution >= 4 is 34.1 Å². The van der Waals surface area contributed by atoms with E-state index in [0.717, 1.165) is 12.0 Å². The molecule has 39 heavy (non-hydrogen) atoms. The summed E-state index contributed by atoms with van der Waals surface area (Å²) in [7, 11) is -3.94. The Balaban J connectivity index is 2.17. The predicted octanol–water partition coefficient (Wildman–Crippen LogP) is 2.97. The Morgan fingerprint density at radius 3 is 2.59 bits per heavy atom. The average Bonchev–Trinajstić information content (AvgIpc) is 2.90. The molecule has 2 amide bonds. The molecular formula is C25H28FN3O9S. The lowest BCUT2D eigenvalue weighted by atomic mass is 9.93. The number of fused-ring (bicyclic) bond motifs is 1. The van der Waals surface area contributed by atoms with Crippen LogP contribution in [0, 0.1) is 5.82 Å². The molecule has 1 aliphatic heterocycles. The third kappa shape index (κ3) is 6.96. The number of esters is 1. The van der Waals surface area contributed by atoms with Crippen LogP contribution in [0.4, 0.5) is 19.7 Å². The van der Waals surface area contributed by atoms with E-state index in [0.29, 0.717) is 9.87 Å². The maximum Gasteiger partial charge on any atom is 0.422 e. The molecule has 2 aromatic carbocycles. The van der Waals surface area contributed by atoms with Gasteiger partial charge in [0.25, 0.3) is 0 Å². The first-order valence-electron chi connectivity index (χ1n) is 11.6. The fraction of sp³-hybridized carbons (Fsp3) is 0.320. The highest BCUT2D eigenvalue weighted by molar-refractivity contribution is 7.91. The minimum Gasteiger partial charge on any atom is -0.487 e. The van der Waals surface area contributed by atoms with Crippen molar-refractivity contribution < 1.29 is 46.5 Å². The minimum atomic E-state index is -4.95. The number of carboxylic acid groups (broad SMARTS) is 1. The number of halogens is 1. The molecule has 1 atom stereocenters. The van der Waals surface area contributed by atoms with E-state index in [2.05, 4.69) is 16.1 Å². The lowest BCUT2D eigenvalue weighted by molar-refractivity contribution is -0.138. The second-order valence-electron chi connectivity index (χ2n) is 8.49. The van der Waals surface area contributed by atoms with Crippen LogP contribution >= 0.6 is 0 Å². The number of amides is 2. The lowest BCUT2D eigenvalue weighted by Gasteiger charge is -2.35. The van der Waals surface area contributed by atoms with E-state index in [-0.39, 0.29) is 43.1 Å². The highest BCUT2D eigenvalue weighted by Crippen LogP contribution is 2.40. The number of methoxy groups -OCH3 is 1. The van der Waals surface area contributed by atoms with Crippen molar-refractivity contribution in [3.63, 3.8) is 0 Å². The standard InChI is InChI=1S/C25H28FN3O9S/c1-4-10-37-24(31)27-39(34,35)29(14-21(30)36-3)23-20(38-15-17-8-6-5-7-9-17)12-18-13-28(25(32)33)16(2)11-19(18)22(23)26/h4-9,12,16H,1,10-11,13-15H2,2-3H3,(H,27,31)(H,32,33)/t16-/m0/s1.